The molecule has 2 rings (SSSR count). The van der Waals surface area contributed by atoms with Crippen LogP contribution in [0.5, 0.6) is 6.01 Å². The fraction of sp³-hybridized carbons (Fsp3) is 0.250. The van der Waals surface area contributed by atoms with E-state index < -0.39 is 0 Å². The predicted octanol–water partition coefficient (Wildman–Crippen LogP) is 2.10. The summed E-state index contributed by atoms with van der Waals surface area (Å²) in [6, 6.07) is 8.19. The van der Waals surface area contributed by atoms with Gasteiger partial charge in [-0.05, 0) is 24.6 Å². The molecule has 0 saturated carbocycles. The third-order valence-corrected chi connectivity index (χ3v) is 3.11. The fourth-order valence-corrected chi connectivity index (χ4v) is 2.05. The van der Waals surface area contributed by atoms with E-state index in [1.54, 1.807) is 0 Å². The highest BCUT2D eigenvalue weighted by atomic mass is 79.9. The van der Waals surface area contributed by atoms with Crippen LogP contribution in [0, 0.1) is 0 Å². The third-order valence-electron chi connectivity index (χ3n) is 2.62. The first-order valence-electron chi connectivity index (χ1n) is 5.91. The minimum absolute atomic E-state index is 0.0187. The number of methoxy groups -OCH3 is 1. The summed E-state index contributed by atoms with van der Waals surface area (Å²) in [6.07, 6.45) is 0. The predicted molar refractivity (Wildman–Crippen MR) is 80.4 cm³/mol. The van der Waals surface area contributed by atoms with Gasteiger partial charge in [0.2, 0.25) is 11.9 Å². The molecule has 0 aliphatic rings. The Morgan fingerprint density at radius 2 is 2.00 bits per heavy atom. The number of halogens is 1. The van der Waals surface area contributed by atoms with Gasteiger partial charge in [-0.1, -0.05) is 28.1 Å². The minimum atomic E-state index is 0.0187. The highest BCUT2D eigenvalue weighted by Gasteiger charge is 2.10. The number of nitrogens with one attached hydrogen (secondary N) is 2. The van der Waals surface area contributed by atoms with Gasteiger partial charge in [-0.3, -0.25) is 5.43 Å². The van der Waals surface area contributed by atoms with Gasteiger partial charge in [0.1, 0.15) is 0 Å². The topological polar surface area (TPSA) is 98.0 Å². The zero-order valence-corrected chi connectivity index (χ0v) is 12.7. The highest BCUT2D eigenvalue weighted by Crippen LogP contribution is 2.21. The van der Waals surface area contributed by atoms with Gasteiger partial charge in [0.25, 0.3) is 0 Å². The molecule has 0 amide bonds. The van der Waals surface area contributed by atoms with Gasteiger partial charge in [-0.25, -0.2) is 5.84 Å². The molecule has 4 N–H and O–H groups in total. The molecule has 1 aromatic heterocycles. The summed E-state index contributed by atoms with van der Waals surface area (Å²) in [5.74, 6) is 5.93. The van der Waals surface area contributed by atoms with E-state index in [0.29, 0.717) is 5.95 Å². The molecule has 0 fully saturated rings. The van der Waals surface area contributed by atoms with Crippen molar-refractivity contribution in [1.29, 1.82) is 0 Å². The van der Waals surface area contributed by atoms with Crippen LogP contribution in [0.1, 0.15) is 18.5 Å². The molecule has 0 radical (unpaired) electrons. The summed E-state index contributed by atoms with van der Waals surface area (Å²) >= 11 is 3.45. The molecule has 7 nitrogen and oxygen atoms in total. The summed E-state index contributed by atoms with van der Waals surface area (Å²) in [5.41, 5.74) is 3.47. The molecule has 2 aromatic rings. The number of nitrogens with zero attached hydrogens (tertiary/aromatic N) is 3. The average Bonchev–Trinajstić information content (AvgIpc) is 2.46. The molecule has 1 heterocycles. The summed E-state index contributed by atoms with van der Waals surface area (Å²) < 4.78 is 6.01. The van der Waals surface area contributed by atoms with Crippen LogP contribution < -0.4 is 21.3 Å². The Morgan fingerprint density at radius 1 is 1.25 bits per heavy atom. The standard InChI is InChI=1S/C12H15BrN6O/c1-7(8-4-3-5-9(13)6-8)15-10-16-11(19-14)18-12(17-10)20-2/h3-7H,14H2,1-2H3,(H2,15,16,17,18,19). The summed E-state index contributed by atoms with van der Waals surface area (Å²) in [6.45, 7) is 2.01. The Labute approximate surface area is 125 Å². The van der Waals surface area contributed by atoms with Crippen LogP contribution in [0.25, 0.3) is 0 Å². The smallest absolute Gasteiger partial charge is 0.322 e. The number of rotatable bonds is 5. The molecule has 8 heteroatoms. The summed E-state index contributed by atoms with van der Waals surface area (Å²) in [5, 5.41) is 3.18. The average molecular weight is 339 g/mol. The number of hydrogen-bond acceptors (Lipinski definition) is 7. The van der Waals surface area contributed by atoms with E-state index in [-0.39, 0.29) is 18.0 Å². The second-order valence-electron chi connectivity index (χ2n) is 4.03. The molecule has 0 bridgehead atoms. The van der Waals surface area contributed by atoms with E-state index in [1.165, 1.54) is 7.11 Å². The Morgan fingerprint density at radius 3 is 2.65 bits per heavy atom. The lowest BCUT2D eigenvalue weighted by Gasteiger charge is -2.15. The Kier molecular flexibility index (Phi) is 4.70. The number of anilines is 2. The first kappa shape index (κ1) is 14.5. The maximum absolute atomic E-state index is 5.31. The zero-order valence-electron chi connectivity index (χ0n) is 11.1. The van der Waals surface area contributed by atoms with Crippen LogP contribution in [-0.4, -0.2) is 22.1 Å². The monoisotopic (exact) mass is 338 g/mol. The van der Waals surface area contributed by atoms with Crippen LogP contribution in [0.2, 0.25) is 0 Å². The van der Waals surface area contributed by atoms with Crippen molar-refractivity contribution >= 4 is 27.8 Å². The SMILES string of the molecule is COc1nc(NN)nc(NC(C)c2cccc(Br)c2)n1. The Hall–Kier alpha value is -1.93. The third kappa shape index (κ3) is 3.55. The summed E-state index contributed by atoms with van der Waals surface area (Å²) in [7, 11) is 1.48. The molecule has 0 aliphatic heterocycles. The normalized spacial score (nSPS) is 11.8. The van der Waals surface area contributed by atoms with Crippen LogP contribution in [0.15, 0.2) is 28.7 Å². The molecule has 0 aliphatic carbocycles. The van der Waals surface area contributed by atoms with Gasteiger partial charge in [0.05, 0.1) is 13.2 Å². The van der Waals surface area contributed by atoms with Crippen molar-refractivity contribution in [3.63, 3.8) is 0 Å². The van der Waals surface area contributed by atoms with Crippen molar-refractivity contribution in [2.75, 3.05) is 17.9 Å². The number of hydrazine groups is 1. The van der Waals surface area contributed by atoms with E-state index in [0.717, 1.165) is 10.0 Å². The first-order chi connectivity index (χ1) is 9.62. The molecule has 0 spiro atoms. The minimum Gasteiger partial charge on any atom is -0.467 e. The molecule has 1 aromatic carbocycles. The Balaban J connectivity index is 2.20. The summed E-state index contributed by atoms with van der Waals surface area (Å²) in [4.78, 5) is 12.2. The van der Waals surface area contributed by atoms with E-state index >= 15 is 0 Å². The second-order valence-corrected chi connectivity index (χ2v) is 4.95. The van der Waals surface area contributed by atoms with Crippen molar-refractivity contribution in [2.45, 2.75) is 13.0 Å². The van der Waals surface area contributed by atoms with Gasteiger partial charge >= 0.3 is 6.01 Å². The Bertz CT molecular complexity index is 572. The van der Waals surface area contributed by atoms with E-state index in [2.05, 4.69) is 41.6 Å². The lowest BCUT2D eigenvalue weighted by Crippen LogP contribution is -2.15. The molecule has 20 heavy (non-hydrogen) atoms. The van der Waals surface area contributed by atoms with Crippen molar-refractivity contribution in [2.24, 2.45) is 5.84 Å². The molecule has 106 valence electrons. The maximum Gasteiger partial charge on any atom is 0.322 e. The number of ether oxygens (including phenoxy) is 1. The number of nitrogen functional groups attached to an aromatic ring is 1. The van der Waals surface area contributed by atoms with Crippen LogP contribution in [-0.2, 0) is 0 Å². The number of aromatic nitrogens is 3. The largest absolute Gasteiger partial charge is 0.467 e. The van der Waals surface area contributed by atoms with Crippen molar-refractivity contribution < 1.29 is 4.74 Å². The van der Waals surface area contributed by atoms with Gasteiger partial charge in [0.15, 0.2) is 0 Å². The quantitative estimate of drug-likeness (QED) is 0.567. The van der Waals surface area contributed by atoms with Crippen molar-refractivity contribution in [1.82, 2.24) is 15.0 Å². The fourth-order valence-electron chi connectivity index (χ4n) is 1.63. The lowest BCUT2D eigenvalue weighted by molar-refractivity contribution is 0.379. The van der Waals surface area contributed by atoms with E-state index in [9.17, 15) is 0 Å². The van der Waals surface area contributed by atoms with Gasteiger partial charge in [-0.15, -0.1) is 0 Å². The molecule has 1 atom stereocenters. The van der Waals surface area contributed by atoms with Gasteiger partial charge < -0.3 is 10.1 Å². The van der Waals surface area contributed by atoms with Crippen LogP contribution in [0.3, 0.4) is 0 Å². The van der Waals surface area contributed by atoms with Crippen molar-refractivity contribution in [3.05, 3.63) is 34.3 Å². The molecular weight excluding hydrogens is 324 g/mol. The van der Waals surface area contributed by atoms with Crippen LogP contribution in [0.4, 0.5) is 11.9 Å². The highest BCUT2D eigenvalue weighted by molar-refractivity contribution is 9.10. The first-order valence-corrected chi connectivity index (χ1v) is 6.70. The second kappa shape index (κ2) is 6.49. The zero-order chi connectivity index (χ0) is 14.5. The number of nitrogens with two attached hydrogens (primary N) is 1. The molecule has 0 saturated heterocycles. The molecule has 1 unspecified atom stereocenters. The van der Waals surface area contributed by atoms with Crippen LogP contribution >= 0.6 is 15.9 Å². The number of benzene rings is 1. The van der Waals surface area contributed by atoms with E-state index in [4.69, 9.17) is 10.6 Å². The van der Waals surface area contributed by atoms with Gasteiger partial charge in [0, 0.05) is 4.47 Å². The molecular formula is C12H15BrN6O. The maximum atomic E-state index is 5.31. The van der Waals surface area contributed by atoms with Crippen molar-refractivity contribution in [3.8, 4) is 6.01 Å². The van der Waals surface area contributed by atoms with E-state index in [1.807, 2.05) is 31.2 Å². The lowest BCUT2D eigenvalue weighted by atomic mass is 10.1. The van der Waals surface area contributed by atoms with Gasteiger partial charge in [-0.2, -0.15) is 15.0 Å². The number of hydrogen-bond donors (Lipinski definition) is 3.